The van der Waals surface area contributed by atoms with Crippen LogP contribution in [0.3, 0.4) is 0 Å². The monoisotopic (exact) mass is 274 g/mol. The highest BCUT2D eigenvalue weighted by Gasteiger charge is 2.12. The summed E-state index contributed by atoms with van der Waals surface area (Å²) in [6.07, 6.45) is 1.14. The summed E-state index contributed by atoms with van der Waals surface area (Å²) in [5.41, 5.74) is 2.02. The smallest absolute Gasteiger partial charge is 0.193 e. The predicted molar refractivity (Wildman–Crippen MR) is 74.2 cm³/mol. The Hall–Kier alpha value is -1.94. The first-order valence-electron chi connectivity index (χ1n) is 5.80. The maximum atomic E-state index is 12.3. The van der Waals surface area contributed by atoms with Gasteiger partial charge in [-0.1, -0.05) is 24.3 Å². The van der Waals surface area contributed by atoms with Gasteiger partial charge in [0.15, 0.2) is 15.6 Å². The lowest BCUT2D eigenvalue weighted by atomic mass is 9.99. The van der Waals surface area contributed by atoms with Crippen LogP contribution in [0.2, 0.25) is 0 Å². The van der Waals surface area contributed by atoms with Crippen LogP contribution in [0.25, 0.3) is 0 Å². The third kappa shape index (κ3) is 2.90. The zero-order chi connectivity index (χ0) is 14.0. The quantitative estimate of drug-likeness (QED) is 0.808. The Morgan fingerprint density at radius 2 is 1.53 bits per heavy atom. The minimum Gasteiger partial charge on any atom is -0.289 e. The van der Waals surface area contributed by atoms with Crippen molar-refractivity contribution in [2.24, 2.45) is 0 Å². The maximum absolute atomic E-state index is 12.3. The molecule has 0 unspecified atom stereocenters. The third-order valence-electron chi connectivity index (χ3n) is 2.93. The molecule has 0 heterocycles. The van der Waals surface area contributed by atoms with E-state index in [-0.39, 0.29) is 10.7 Å². The summed E-state index contributed by atoms with van der Waals surface area (Å²) < 4.78 is 22.7. The van der Waals surface area contributed by atoms with E-state index in [1.165, 1.54) is 12.1 Å². The van der Waals surface area contributed by atoms with E-state index in [1.807, 2.05) is 25.1 Å². The summed E-state index contributed by atoms with van der Waals surface area (Å²) in [5.74, 6) is -0.0989. The Morgan fingerprint density at radius 3 is 2.05 bits per heavy atom. The van der Waals surface area contributed by atoms with Gasteiger partial charge in [-0.05, 0) is 36.8 Å². The lowest BCUT2D eigenvalue weighted by Crippen LogP contribution is -2.04. The molecule has 0 saturated carbocycles. The van der Waals surface area contributed by atoms with Crippen molar-refractivity contribution in [3.05, 3.63) is 65.2 Å². The molecule has 0 radical (unpaired) electrons. The summed E-state index contributed by atoms with van der Waals surface area (Å²) in [5, 5.41) is 0. The number of sulfone groups is 1. The Kier molecular flexibility index (Phi) is 3.53. The fourth-order valence-corrected chi connectivity index (χ4v) is 2.47. The summed E-state index contributed by atoms with van der Waals surface area (Å²) in [7, 11) is -3.23. The number of hydrogen-bond donors (Lipinski definition) is 0. The van der Waals surface area contributed by atoms with Crippen molar-refractivity contribution in [3.8, 4) is 0 Å². The Labute approximate surface area is 112 Å². The lowest BCUT2D eigenvalue weighted by molar-refractivity contribution is 0.103. The second-order valence-corrected chi connectivity index (χ2v) is 6.46. The second kappa shape index (κ2) is 4.97. The van der Waals surface area contributed by atoms with Crippen molar-refractivity contribution in [1.82, 2.24) is 0 Å². The van der Waals surface area contributed by atoms with Gasteiger partial charge in [0.2, 0.25) is 0 Å². The molecule has 0 amide bonds. The fraction of sp³-hybridized carbons (Fsp3) is 0.133. The van der Waals surface area contributed by atoms with Gasteiger partial charge in [-0.15, -0.1) is 0 Å². The Balaban J connectivity index is 2.39. The van der Waals surface area contributed by atoms with Crippen molar-refractivity contribution in [1.29, 1.82) is 0 Å². The van der Waals surface area contributed by atoms with Crippen LogP contribution >= 0.6 is 0 Å². The molecule has 3 nitrogen and oxygen atoms in total. The van der Waals surface area contributed by atoms with Crippen molar-refractivity contribution in [3.63, 3.8) is 0 Å². The number of aryl methyl sites for hydroxylation is 1. The highest BCUT2D eigenvalue weighted by atomic mass is 32.2. The van der Waals surface area contributed by atoms with E-state index in [1.54, 1.807) is 18.2 Å². The van der Waals surface area contributed by atoms with Crippen molar-refractivity contribution in [2.75, 3.05) is 6.26 Å². The molecule has 2 aromatic carbocycles. The van der Waals surface area contributed by atoms with Crippen LogP contribution in [0, 0.1) is 6.92 Å². The van der Waals surface area contributed by atoms with Crippen LogP contribution < -0.4 is 0 Å². The minimum atomic E-state index is -3.23. The molecule has 2 aromatic rings. The topological polar surface area (TPSA) is 51.2 Å². The first-order chi connectivity index (χ1) is 8.89. The Bertz CT molecular complexity index is 713. The number of carbonyl (C=O) groups excluding carboxylic acids is 1. The SMILES string of the molecule is Cc1ccccc1C(=O)c1ccc(S(C)(=O)=O)cc1. The molecule has 0 aromatic heterocycles. The summed E-state index contributed by atoms with van der Waals surface area (Å²) in [4.78, 5) is 12.5. The molecule has 0 saturated heterocycles. The largest absolute Gasteiger partial charge is 0.289 e. The van der Waals surface area contributed by atoms with E-state index >= 15 is 0 Å². The van der Waals surface area contributed by atoms with Crippen LogP contribution in [-0.4, -0.2) is 20.5 Å². The average Bonchev–Trinajstić information content (AvgIpc) is 2.38. The lowest BCUT2D eigenvalue weighted by Gasteiger charge is -2.05. The Morgan fingerprint density at radius 1 is 0.947 bits per heavy atom. The standard InChI is InChI=1S/C15H14O3S/c1-11-5-3-4-6-14(11)15(16)12-7-9-13(10-8-12)19(2,17)18/h3-10H,1-2H3. The number of benzene rings is 2. The average molecular weight is 274 g/mol. The molecule has 0 fully saturated rings. The molecule has 2 rings (SSSR count). The summed E-state index contributed by atoms with van der Waals surface area (Å²) >= 11 is 0. The van der Waals surface area contributed by atoms with Crippen molar-refractivity contribution in [2.45, 2.75) is 11.8 Å². The molecular weight excluding hydrogens is 260 g/mol. The zero-order valence-corrected chi connectivity index (χ0v) is 11.6. The van der Waals surface area contributed by atoms with Gasteiger partial charge in [0, 0.05) is 17.4 Å². The first kappa shape index (κ1) is 13.5. The molecular formula is C15H14O3S. The summed E-state index contributed by atoms with van der Waals surface area (Å²) in [6.45, 7) is 1.87. The van der Waals surface area contributed by atoms with Gasteiger partial charge < -0.3 is 0 Å². The molecule has 19 heavy (non-hydrogen) atoms. The van der Waals surface area contributed by atoms with Crippen LogP contribution in [0.5, 0.6) is 0 Å². The van der Waals surface area contributed by atoms with Crippen LogP contribution in [-0.2, 0) is 9.84 Å². The summed E-state index contributed by atoms with van der Waals surface area (Å²) in [6, 6.07) is 13.3. The van der Waals surface area contributed by atoms with Crippen molar-refractivity contribution >= 4 is 15.6 Å². The van der Waals surface area contributed by atoms with Gasteiger partial charge in [-0.2, -0.15) is 0 Å². The molecule has 4 heteroatoms. The van der Waals surface area contributed by atoms with Crippen molar-refractivity contribution < 1.29 is 13.2 Å². The van der Waals surface area contributed by atoms with E-state index in [4.69, 9.17) is 0 Å². The molecule has 0 aliphatic heterocycles. The highest BCUT2D eigenvalue weighted by molar-refractivity contribution is 7.90. The number of carbonyl (C=O) groups is 1. The fourth-order valence-electron chi connectivity index (χ4n) is 1.84. The number of rotatable bonds is 3. The zero-order valence-electron chi connectivity index (χ0n) is 10.8. The maximum Gasteiger partial charge on any atom is 0.193 e. The molecule has 0 bridgehead atoms. The second-order valence-electron chi connectivity index (χ2n) is 4.44. The molecule has 98 valence electrons. The van der Waals surface area contributed by atoms with E-state index in [9.17, 15) is 13.2 Å². The van der Waals surface area contributed by atoms with Gasteiger partial charge in [0.1, 0.15) is 0 Å². The number of hydrogen-bond acceptors (Lipinski definition) is 3. The first-order valence-corrected chi connectivity index (χ1v) is 7.69. The highest BCUT2D eigenvalue weighted by Crippen LogP contribution is 2.16. The van der Waals surface area contributed by atoms with Crippen LogP contribution in [0.4, 0.5) is 0 Å². The molecule has 0 atom stereocenters. The van der Waals surface area contributed by atoms with E-state index < -0.39 is 9.84 Å². The minimum absolute atomic E-state index is 0.0989. The molecule has 0 aliphatic carbocycles. The molecule has 0 aliphatic rings. The van der Waals surface area contributed by atoms with E-state index in [0.29, 0.717) is 11.1 Å². The van der Waals surface area contributed by atoms with Gasteiger partial charge in [0.05, 0.1) is 4.90 Å². The molecule has 0 spiro atoms. The van der Waals surface area contributed by atoms with Gasteiger partial charge in [0.25, 0.3) is 0 Å². The van der Waals surface area contributed by atoms with Gasteiger partial charge >= 0.3 is 0 Å². The molecule has 0 N–H and O–H groups in total. The normalized spacial score (nSPS) is 11.3. The van der Waals surface area contributed by atoms with E-state index in [0.717, 1.165) is 11.8 Å². The van der Waals surface area contributed by atoms with E-state index in [2.05, 4.69) is 0 Å². The van der Waals surface area contributed by atoms with Gasteiger partial charge in [-0.25, -0.2) is 8.42 Å². The van der Waals surface area contributed by atoms with Crippen LogP contribution in [0.1, 0.15) is 21.5 Å². The van der Waals surface area contributed by atoms with Crippen LogP contribution in [0.15, 0.2) is 53.4 Å². The number of ketones is 1. The predicted octanol–water partition coefficient (Wildman–Crippen LogP) is 2.63. The van der Waals surface area contributed by atoms with Gasteiger partial charge in [-0.3, -0.25) is 4.79 Å². The third-order valence-corrected chi connectivity index (χ3v) is 4.06.